The molecule has 0 bridgehead atoms. The monoisotopic (exact) mass is 527 g/mol. The number of anilines is 1. The Balaban J connectivity index is 1.37. The lowest BCUT2D eigenvalue weighted by atomic mass is 9.83. The molecule has 0 aliphatic carbocycles. The number of hydrogen-bond donors (Lipinski definition) is 4. The van der Waals surface area contributed by atoms with Gasteiger partial charge in [0.15, 0.2) is 0 Å². The van der Waals surface area contributed by atoms with Gasteiger partial charge in [0.25, 0.3) is 11.8 Å². The number of aryl methyl sites for hydroxylation is 1. The van der Waals surface area contributed by atoms with Crippen LogP contribution < -0.4 is 21.7 Å². The number of primary amides is 2. The fourth-order valence-electron chi connectivity index (χ4n) is 5.16. The summed E-state index contributed by atoms with van der Waals surface area (Å²) >= 11 is 0. The van der Waals surface area contributed by atoms with Crippen molar-refractivity contribution in [1.82, 2.24) is 20.1 Å². The van der Waals surface area contributed by atoms with Crippen molar-refractivity contribution in [2.45, 2.75) is 38.1 Å². The predicted molar refractivity (Wildman–Crippen MR) is 150 cm³/mol. The van der Waals surface area contributed by atoms with E-state index in [9.17, 15) is 14.4 Å². The molecule has 39 heavy (non-hydrogen) atoms. The molecule has 10 heteroatoms. The number of nitrogens with one attached hydrogen (secondary N) is 2. The molecule has 0 radical (unpaired) electrons. The molecule has 1 saturated heterocycles. The summed E-state index contributed by atoms with van der Waals surface area (Å²) in [7, 11) is 1.85. The summed E-state index contributed by atoms with van der Waals surface area (Å²) < 4.78 is 1.72. The van der Waals surface area contributed by atoms with Crippen LogP contribution >= 0.6 is 0 Å². The first-order chi connectivity index (χ1) is 18.5. The second-order valence-electron chi connectivity index (χ2n) is 10.7. The number of carbonyl (C=O) groups is 3. The number of fused-ring (bicyclic) bond motifs is 1. The number of hydrogen-bond acceptors (Lipinski definition) is 5. The van der Waals surface area contributed by atoms with Gasteiger partial charge in [-0.3, -0.25) is 19.1 Å². The van der Waals surface area contributed by atoms with Gasteiger partial charge in [-0.25, -0.2) is 0 Å². The van der Waals surface area contributed by atoms with Gasteiger partial charge in [-0.2, -0.15) is 5.10 Å². The van der Waals surface area contributed by atoms with Crippen LogP contribution in [-0.2, 0) is 17.3 Å². The Bertz CT molecular complexity index is 1570. The Morgan fingerprint density at radius 1 is 1.10 bits per heavy atom. The highest BCUT2D eigenvalue weighted by molar-refractivity contribution is 6.10. The minimum atomic E-state index is -0.816. The number of rotatable bonds is 7. The fourth-order valence-corrected chi connectivity index (χ4v) is 5.16. The van der Waals surface area contributed by atoms with E-state index < -0.39 is 17.2 Å². The minimum Gasteiger partial charge on any atom is -0.369 e. The molecule has 1 aliphatic heterocycles. The first kappa shape index (κ1) is 26.0. The molecule has 5 rings (SSSR count). The maximum absolute atomic E-state index is 13.1. The van der Waals surface area contributed by atoms with Crippen LogP contribution in [0.15, 0.2) is 54.9 Å². The van der Waals surface area contributed by atoms with Crippen LogP contribution in [-0.4, -0.2) is 51.6 Å². The van der Waals surface area contributed by atoms with Gasteiger partial charge in [0, 0.05) is 60.3 Å². The highest BCUT2D eigenvalue weighted by atomic mass is 16.2. The number of aromatic amines is 1. The molecule has 202 valence electrons. The molecule has 6 N–H and O–H groups in total. The fraction of sp³-hybridized carbons (Fsp3) is 0.310. The van der Waals surface area contributed by atoms with Crippen LogP contribution in [0.2, 0.25) is 0 Å². The van der Waals surface area contributed by atoms with Crippen molar-refractivity contribution in [1.29, 1.82) is 0 Å². The quantitative estimate of drug-likeness (QED) is 0.291. The van der Waals surface area contributed by atoms with Crippen molar-refractivity contribution in [2.24, 2.45) is 18.5 Å². The maximum atomic E-state index is 13.1. The smallest absolute Gasteiger partial charge is 0.251 e. The van der Waals surface area contributed by atoms with Crippen molar-refractivity contribution < 1.29 is 14.4 Å². The summed E-state index contributed by atoms with van der Waals surface area (Å²) in [4.78, 5) is 42.6. The third-order valence-corrected chi connectivity index (χ3v) is 7.63. The number of nitrogens with zero attached hydrogens (tertiary/aromatic N) is 3. The summed E-state index contributed by atoms with van der Waals surface area (Å²) in [6, 6.07) is 12.6. The van der Waals surface area contributed by atoms with Crippen molar-refractivity contribution >= 4 is 34.3 Å². The lowest BCUT2D eigenvalue weighted by Gasteiger charge is -2.35. The molecule has 1 aliphatic rings. The topological polar surface area (TPSA) is 152 Å². The molecule has 1 fully saturated rings. The van der Waals surface area contributed by atoms with E-state index in [1.165, 1.54) is 0 Å². The molecule has 2 aromatic carbocycles. The average molecular weight is 528 g/mol. The van der Waals surface area contributed by atoms with E-state index in [0.717, 1.165) is 47.3 Å². The highest BCUT2D eigenvalue weighted by Gasteiger charge is 2.28. The Morgan fingerprint density at radius 2 is 1.85 bits per heavy atom. The average Bonchev–Trinajstić information content (AvgIpc) is 3.54. The van der Waals surface area contributed by atoms with E-state index in [-0.39, 0.29) is 11.9 Å². The zero-order valence-electron chi connectivity index (χ0n) is 22.3. The Morgan fingerprint density at radius 3 is 2.49 bits per heavy atom. The minimum absolute atomic E-state index is 0.0596. The summed E-state index contributed by atoms with van der Waals surface area (Å²) in [5.41, 5.74) is 15.5. The molecule has 3 amide bonds. The third-order valence-electron chi connectivity index (χ3n) is 7.63. The molecule has 4 aromatic rings. The number of amides is 3. The lowest BCUT2D eigenvalue weighted by molar-refractivity contribution is -0.122. The first-order valence-electron chi connectivity index (χ1n) is 13.0. The van der Waals surface area contributed by atoms with Crippen LogP contribution in [0.25, 0.3) is 22.2 Å². The highest BCUT2D eigenvalue weighted by Crippen LogP contribution is 2.35. The molecular formula is C29H33N7O3. The molecule has 1 unspecified atom stereocenters. The Labute approximate surface area is 226 Å². The zero-order valence-corrected chi connectivity index (χ0v) is 22.3. The van der Waals surface area contributed by atoms with Gasteiger partial charge in [0.2, 0.25) is 5.91 Å². The van der Waals surface area contributed by atoms with E-state index in [2.05, 4.69) is 20.3 Å². The van der Waals surface area contributed by atoms with Crippen LogP contribution in [0.5, 0.6) is 0 Å². The van der Waals surface area contributed by atoms with Crippen molar-refractivity contribution in [3.63, 3.8) is 0 Å². The standard InChI is InChI=1S/C29H33N7O3/c1-29(2,28(31)39)19-8-6-17(7-9-19)27(38)33-20-5-4-12-36(16-20)24-11-10-21(26(30)37)25-22(24)13-23(34-25)18-14-32-35(3)15-18/h6-11,13-15,20,34H,4-5,12,16H2,1-3H3,(H2,30,37)(H2,31,39)(H,33,38). The first-order valence-corrected chi connectivity index (χ1v) is 13.0. The molecular weight excluding hydrogens is 494 g/mol. The second-order valence-corrected chi connectivity index (χ2v) is 10.7. The number of nitrogens with two attached hydrogens (primary N) is 2. The van der Waals surface area contributed by atoms with Gasteiger partial charge in [-0.05, 0) is 62.6 Å². The number of H-pyrrole nitrogens is 1. The van der Waals surface area contributed by atoms with Gasteiger partial charge in [-0.1, -0.05) is 12.1 Å². The zero-order chi connectivity index (χ0) is 27.9. The molecule has 10 nitrogen and oxygen atoms in total. The Hall–Kier alpha value is -4.60. The van der Waals surface area contributed by atoms with Gasteiger partial charge < -0.3 is 26.7 Å². The number of aromatic nitrogens is 3. The number of piperidine rings is 1. The molecule has 0 spiro atoms. The van der Waals surface area contributed by atoms with Gasteiger partial charge in [-0.15, -0.1) is 0 Å². The van der Waals surface area contributed by atoms with Gasteiger partial charge in [0.1, 0.15) is 0 Å². The number of benzene rings is 2. The SMILES string of the molecule is Cn1cc(-c2cc3c(N4CCCC(NC(=O)c5ccc(C(C)(C)C(N)=O)cc5)C4)ccc(C(N)=O)c3[nH]2)cn1. The van der Waals surface area contributed by atoms with E-state index in [4.69, 9.17) is 11.5 Å². The van der Waals surface area contributed by atoms with E-state index in [0.29, 0.717) is 23.2 Å². The lowest BCUT2D eigenvalue weighted by Crippen LogP contribution is -2.48. The van der Waals surface area contributed by atoms with Gasteiger partial charge >= 0.3 is 0 Å². The van der Waals surface area contributed by atoms with E-state index in [1.807, 2.05) is 25.4 Å². The molecule has 1 atom stereocenters. The predicted octanol–water partition coefficient (Wildman–Crippen LogP) is 2.83. The summed E-state index contributed by atoms with van der Waals surface area (Å²) in [5, 5.41) is 8.31. The van der Waals surface area contributed by atoms with Crippen LogP contribution in [0.1, 0.15) is 53.0 Å². The Kier molecular flexibility index (Phi) is 6.63. The maximum Gasteiger partial charge on any atom is 0.251 e. The summed E-state index contributed by atoms with van der Waals surface area (Å²) in [6.07, 6.45) is 5.42. The van der Waals surface area contributed by atoms with Gasteiger partial charge in [0.05, 0.1) is 22.7 Å². The van der Waals surface area contributed by atoms with E-state index >= 15 is 0 Å². The van der Waals surface area contributed by atoms with Crippen LogP contribution in [0, 0.1) is 0 Å². The molecule has 3 heterocycles. The molecule has 2 aromatic heterocycles. The summed E-state index contributed by atoms with van der Waals surface area (Å²) in [6.45, 7) is 4.97. The largest absolute Gasteiger partial charge is 0.369 e. The third kappa shape index (κ3) is 4.97. The molecule has 0 saturated carbocycles. The number of carbonyl (C=O) groups excluding carboxylic acids is 3. The van der Waals surface area contributed by atoms with Crippen molar-refractivity contribution in [3.8, 4) is 11.3 Å². The van der Waals surface area contributed by atoms with Crippen LogP contribution in [0.4, 0.5) is 5.69 Å². The van der Waals surface area contributed by atoms with Crippen LogP contribution in [0.3, 0.4) is 0 Å². The normalized spacial score (nSPS) is 15.9. The second kappa shape index (κ2) is 9.94. The van der Waals surface area contributed by atoms with E-state index in [1.54, 1.807) is 55.1 Å². The summed E-state index contributed by atoms with van der Waals surface area (Å²) in [5.74, 6) is -1.09. The van der Waals surface area contributed by atoms with Crippen molar-refractivity contribution in [3.05, 3.63) is 71.5 Å². The van der Waals surface area contributed by atoms with Crippen molar-refractivity contribution in [2.75, 3.05) is 18.0 Å².